The number of thioether (sulfide) groups is 1. The Morgan fingerprint density at radius 3 is 2.82 bits per heavy atom. The minimum atomic E-state index is 0. The summed E-state index contributed by atoms with van der Waals surface area (Å²) in [6, 6.07) is 5.73. The van der Waals surface area contributed by atoms with Crippen LogP contribution in [0, 0.1) is 0 Å². The second-order valence-corrected chi connectivity index (χ2v) is 5.10. The van der Waals surface area contributed by atoms with E-state index in [0.717, 1.165) is 43.6 Å². The van der Waals surface area contributed by atoms with Crippen molar-refractivity contribution < 1.29 is 4.74 Å². The van der Waals surface area contributed by atoms with Crippen LogP contribution in [-0.4, -0.2) is 48.5 Å². The van der Waals surface area contributed by atoms with Crippen molar-refractivity contribution in [1.29, 1.82) is 0 Å². The SMILES string of the molecule is Cl.Clc1cccc(SCCN2CCOCC2)n1. The zero-order valence-corrected chi connectivity index (χ0v) is 11.9. The summed E-state index contributed by atoms with van der Waals surface area (Å²) in [5, 5.41) is 1.57. The molecule has 6 heteroatoms. The monoisotopic (exact) mass is 294 g/mol. The molecule has 1 aromatic heterocycles. The van der Waals surface area contributed by atoms with Crippen LogP contribution < -0.4 is 0 Å². The molecular weight excluding hydrogens is 279 g/mol. The molecule has 1 aromatic rings. The summed E-state index contributed by atoms with van der Waals surface area (Å²) in [6.45, 7) is 4.90. The van der Waals surface area contributed by atoms with Gasteiger partial charge in [0, 0.05) is 25.4 Å². The van der Waals surface area contributed by atoms with E-state index in [2.05, 4.69) is 9.88 Å². The van der Waals surface area contributed by atoms with Crippen molar-refractivity contribution in [2.75, 3.05) is 38.6 Å². The van der Waals surface area contributed by atoms with Crippen molar-refractivity contribution in [3.05, 3.63) is 23.4 Å². The van der Waals surface area contributed by atoms with Crippen LogP contribution in [0.15, 0.2) is 23.2 Å². The summed E-state index contributed by atoms with van der Waals surface area (Å²) in [6.07, 6.45) is 0. The van der Waals surface area contributed by atoms with Crippen LogP contribution in [-0.2, 0) is 4.74 Å². The second-order valence-electron chi connectivity index (χ2n) is 3.60. The van der Waals surface area contributed by atoms with Crippen molar-refractivity contribution in [2.24, 2.45) is 0 Å². The quantitative estimate of drug-likeness (QED) is 0.630. The minimum Gasteiger partial charge on any atom is -0.379 e. The molecule has 0 radical (unpaired) electrons. The van der Waals surface area contributed by atoms with Gasteiger partial charge in [-0.15, -0.1) is 24.2 Å². The van der Waals surface area contributed by atoms with Crippen LogP contribution in [0.25, 0.3) is 0 Å². The Morgan fingerprint density at radius 2 is 2.12 bits per heavy atom. The number of nitrogens with zero attached hydrogens (tertiary/aromatic N) is 2. The summed E-state index contributed by atoms with van der Waals surface area (Å²) in [5.74, 6) is 1.05. The van der Waals surface area contributed by atoms with Gasteiger partial charge < -0.3 is 4.74 Å². The maximum atomic E-state index is 5.82. The molecule has 0 unspecified atom stereocenters. The van der Waals surface area contributed by atoms with Gasteiger partial charge in [0.2, 0.25) is 0 Å². The van der Waals surface area contributed by atoms with Gasteiger partial charge in [0.05, 0.1) is 18.2 Å². The molecule has 1 aliphatic rings. The number of morpholine rings is 1. The van der Waals surface area contributed by atoms with Gasteiger partial charge >= 0.3 is 0 Å². The highest BCUT2D eigenvalue weighted by Gasteiger charge is 2.09. The largest absolute Gasteiger partial charge is 0.379 e. The highest BCUT2D eigenvalue weighted by Crippen LogP contribution is 2.17. The molecule has 96 valence electrons. The standard InChI is InChI=1S/C11H15ClN2OS.ClH/c12-10-2-1-3-11(13-10)16-9-6-14-4-7-15-8-5-14;/h1-3H,4-9H2;1H. The predicted octanol–water partition coefficient (Wildman–Crippen LogP) is 2.58. The summed E-state index contributed by atoms with van der Waals surface area (Å²) in [5.41, 5.74) is 0. The van der Waals surface area contributed by atoms with Gasteiger partial charge in [-0.25, -0.2) is 4.98 Å². The lowest BCUT2D eigenvalue weighted by atomic mass is 10.4. The first-order chi connectivity index (χ1) is 7.84. The molecule has 2 rings (SSSR count). The molecular formula is C11H16Cl2N2OS. The van der Waals surface area contributed by atoms with Crippen molar-refractivity contribution >= 4 is 35.8 Å². The Kier molecular flexibility index (Phi) is 7.23. The summed E-state index contributed by atoms with van der Waals surface area (Å²) in [7, 11) is 0. The first-order valence-electron chi connectivity index (χ1n) is 5.40. The summed E-state index contributed by atoms with van der Waals surface area (Å²) >= 11 is 7.57. The lowest BCUT2D eigenvalue weighted by molar-refractivity contribution is 0.0410. The molecule has 17 heavy (non-hydrogen) atoms. The minimum absolute atomic E-state index is 0. The number of halogens is 2. The highest BCUT2D eigenvalue weighted by molar-refractivity contribution is 7.99. The molecule has 0 saturated carbocycles. The first-order valence-corrected chi connectivity index (χ1v) is 6.76. The molecule has 0 N–H and O–H groups in total. The maximum Gasteiger partial charge on any atom is 0.130 e. The number of hydrogen-bond donors (Lipinski definition) is 0. The fourth-order valence-electron chi connectivity index (χ4n) is 1.57. The van der Waals surface area contributed by atoms with E-state index in [9.17, 15) is 0 Å². The third kappa shape index (κ3) is 5.44. The number of rotatable bonds is 4. The number of hydrogen-bond acceptors (Lipinski definition) is 4. The van der Waals surface area contributed by atoms with E-state index in [1.807, 2.05) is 12.1 Å². The summed E-state index contributed by atoms with van der Waals surface area (Å²) in [4.78, 5) is 6.66. The molecule has 1 saturated heterocycles. The van der Waals surface area contributed by atoms with Gasteiger partial charge in [-0.1, -0.05) is 17.7 Å². The van der Waals surface area contributed by atoms with E-state index in [0.29, 0.717) is 5.15 Å². The Bertz CT molecular complexity index is 335. The van der Waals surface area contributed by atoms with Crippen LogP contribution >= 0.6 is 35.8 Å². The van der Waals surface area contributed by atoms with Gasteiger partial charge in [-0.3, -0.25) is 4.90 Å². The van der Waals surface area contributed by atoms with Crippen molar-refractivity contribution in [1.82, 2.24) is 9.88 Å². The average Bonchev–Trinajstić information content (AvgIpc) is 2.30. The molecule has 1 fully saturated rings. The Labute approximate surface area is 117 Å². The molecule has 2 heterocycles. The fourth-order valence-corrected chi connectivity index (χ4v) is 2.68. The molecule has 1 aliphatic heterocycles. The smallest absolute Gasteiger partial charge is 0.130 e. The van der Waals surface area contributed by atoms with Gasteiger partial charge in [-0.05, 0) is 12.1 Å². The Hall–Kier alpha value is -0.000000000000000111. The second kappa shape index (κ2) is 8.16. The summed E-state index contributed by atoms with van der Waals surface area (Å²) < 4.78 is 5.30. The van der Waals surface area contributed by atoms with E-state index in [1.165, 1.54) is 0 Å². The maximum absolute atomic E-state index is 5.82. The van der Waals surface area contributed by atoms with E-state index in [4.69, 9.17) is 16.3 Å². The number of pyridine rings is 1. The van der Waals surface area contributed by atoms with Crippen LogP contribution in [0.2, 0.25) is 5.15 Å². The van der Waals surface area contributed by atoms with Crippen molar-refractivity contribution in [2.45, 2.75) is 5.03 Å². The molecule has 0 aromatic carbocycles. The zero-order valence-electron chi connectivity index (χ0n) is 9.47. The van der Waals surface area contributed by atoms with Gasteiger partial charge in [0.25, 0.3) is 0 Å². The molecule has 0 spiro atoms. The highest BCUT2D eigenvalue weighted by atomic mass is 35.5. The van der Waals surface area contributed by atoms with Gasteiger partial charge in [-0.2, -0.15) is 0 Å². The predicted molar refractivity (Wildman–Crippen MR) is 74.5 cm³/mol. The lowest BCUT2D eigenvalue weighted by Crippen LogP contribution is -2.37. The van der Waals surface area contributed by atoms with E-state index in [1.54, 1.807) is 17.8 Å². The first kappa shape index (κ1) is 15.1. The average molecular weight is 295 g/mol. The fraction of sp³-hybridized carbons (Fsp3) is 0.545. The van der Waals surface area contributed by atoms with E-state index in [-0.39, 0.29) is 12.4 Å². The third-order valence-corrected chi connectivity index (χ3v) is 3.57. The van der Waals surface area contributed by atoms with Crippen LogP contribution in [0.4, 0.5) is 0 Å². The van der Waals surface area contributed by atoms with Crippen LogP contribution in [0.1, 0.15) is 0 Å². The van der Waals surface area contributed by atoms with Crippen LogP contribution in [0.3, 0.4) is 0 Å². The molecule has 3 nitrogen and oxygen atoms in total. The topological polar surface area (TPSA) is 25.4 Å². The molecule has 0 bridgehead atoms. The Balaban J connectivity index is 0.00000144. The molecule has 0 atom stereocenters. The van der Waals surface area contributed by atoms with Gasteiger partial charge in [0.15, 0.2) is 0 Å². The lowest BCUT2D eigenvalue weighted by Gasteiger charge is -2.26. The van der Waals surface area contributed by atoms with Crippen molar-refractivity contribution in [3.8, 4) is 0 Å². The molecule has 0 amide bonds. The molecule has 0 aliphatic carbocycles. The number of aromatic nitrogens is 1. The number of ether oxygens (including phenoxy) is 1. The normalized spacial score (nSPS) is 16.5. The van der Waals surface area contributed by atoms with Gasteiger partial charge in [0.1, 0.15) is 5.15 Å². The van der Waals surface area contributed by atoms with E-state index >= 15 is 0 Å². The van der Waals surface area contributed by atoms with E-state index < -0.39 is 0 Å². The van der Waals surface area contributed by atoms with Crippen molar-refractivity contribution in [3.63, 3.8) is 0 Å². The Morgan fingerprint density at radius 1 is 1.35 bits per heavy atom. The zero-order chi connectivity index (χ0) is 11.2. The third-order valence-electron chi connectivity index (χ3n) is 2.45. The van der Waals surface area contributed by atoms with Crippen LogP contribution in [0.5, 0.6) is 0 Å².